The van der Waals surface area contributed by atoms with Gasteiger partial charge in [0.25, 0.3) is 5.91 Å². The zero-order valence-electron chi connectivity index (χ0n) is 11.6. The number of hydrogen-bond donors (Lipinski definition) is 3. The van der Waals surface area contributed by atoms with E-state index in [1.807, 2.05) is 6.07 Å². The van der Waals surface area contributed by atoms with Crippen molar-refractivity contribution in [3.63, 3.8) is 0 Å². The third-order valence-electron chi connectivity index (χ3n) is 3.38. The summed E-state index contributed by atoms with van der Waals surface area (Å²) in [5.74, 6) is -0.611. The minimum Gasteiger partial charge on any atom is -0.397 e. The first-order valence-corrected chi connectivity index (χ1v) is 7.61. The second-order valence-electron chi connectivity index (χ2n) is 4.73. The standard InChI is InChI=1S/C15H10ClN5OS/c16-8-4-2-1-3-6(8)9-7(5-17)13(19)21-15-10(9)11(18)12(23-15)14(20)22/h1-4H,18H2,(H2,19,21)(H2,20,22). The lowest BCUT2D eigenvalue weighted by Crippen LogP contribution is -2.10. The van der Waals surface area contributed by atoms with E-state index in [1.165, 1.54) is 0 Å². The fourth-order valence-corrected chi connectivity index (χ4v) is 3.59. The molecule has 8 heteroatoms. The van der Waals surface area contributed by atoms with Gasteiger partial charge in [-0.3, -0.25) is 4.79 Å². The topological polar surface area (TPSA) is 132 Å². The summed E-state index contributed by atoms with van der Waals surface area (Å²) in [7, 11) is 0. The van der Waals surface area contributed by atoms with Crippen LogP contribution in [0.25, 0.3) is 21.3 Å². The van der Waals surface area contributed by atoms with E-state index in [1.54, 1.807) is 24.3 Å². The van der Waals surface area contributed by atoms with Crippen molar-refractivity contribution in [1.82, 2.24) is 4.98 Å². The first-order chi connectivity index (χ1) is 11.0. The summed E-state index contributed by atoms with van der Waals surface area (Å²) in [6.45, 7) is 0. The molecule has 0 aliphatic carbocycles. The zero-order chi connectivity index (χ0) is 16.7. The van der Waals surface area contributed by atoms with Gasteiger partial charge in [-0.25, -0.2) is 4.98 Å². The molecule has 6 nitrogen and oxygen atoms in total. The van der Waals surface area contributed by atoms with E-state index in [2.05, 4.69) is 4.98 Å². The molecule has 1 amide bonds. The van der Waals surface area contributed by atoms with Crippen LogP contribution in [0.2, 0.25) is 5.02 Å². The highest BCUT2D eigenvalue weighted by molar-refractivity contribution is 7.21. The molecule has 0 aliphatic rings. The summed E-state index contributed by atoms with van der Waals surface area (Å²) in [5.41, 5.74) is 18.7. The van der Waals surface area contributed by atoms with E-state index in [9.17, 15) is 10.1 Å². The maximum Gasteiger partial charge on any atom is 0.260 e. The molecule has 0 aliphatic heterocycles. The van der Waals surface area contributed by atoms with Gasteiger partial charge < -0.3 is 17.2 Å². The first-order valence-electron chi connectivity index (χ1n) is 6.42. The van der Waals surface area contributed by atoms with Gasteiger partial charge in [0, 0.05) is 21.5 Å². The lowest BCUT2D eigenvalue weighted by molar-refractivity contribution is 0.100. The first kappa shape index (κ1) is 15.1. The van der Waals surface area contributed by atoms with Crippen molar-refractivity contribution in [2.75, 3.05) is 11.5 Å². The van der Waals surface area contributed by atoms with Gasteiger partial charge in [-0.1, -0.05) is 29.8 Å². The number of carbonyl (C=O) groups is 1. The number of hydrogen-bond acceptors (Lipinski definition) is 6. The summed E-state index contributed by atoms with van der Waals surface area (Å²) >= 11 is 7.30. The van der Waals surface area contributed by atoms with Gasteiger partial charge in [0.05, 0.1) is 5.69 Å². The van der Waals surface area contributed by atoms with Crippen LogP contribution in [0.3, 0.4) is 0 Å². The van der Waals surface area contributed by atoms with E-state index in [4.69, 9.17) is 28.8 Å². The Morgan fingerprint density at radius 3 is 2.61 bits per heavy atom. The number of pyridine rings is 1. The molecular weight excluding hydrogens is 334 g/mol. The number of fused-ring (bicyclic) bond motifs is 1. The van der Waals surface area contributed by atoms with Crippen LogP contribution in [0.4, 0.5) is 11.5 Å². The Morgan fingerprint density at radius 1 is 1.30 bits per heavy atom. The van der Waals surface area contributed by atoms with Crippen LogP contribution in [0.15, 0.2) is 24.3 Å². The van der Waals surface area contributed by atoms with E-state index in [-0.39, 0.29) is 21.9 Å². The average Bonchev–Trinajstić information content (AvgIpc) is 2.83. The van der Waals surface area contributed by atoms with E-state index < -0.39 is 5.91 Å². The molecule has 3 aromatic rings. The number of carbonyl (C=O) groups excluding carboxylic acids is 1. The SMILES string of the molecule is N#Cc1c(N)nc2sc(C(N)=O)c(N)c2c1-c1ccccc1Cl. The number of nitrogen functional groups attached to an aromatic ring is 2. The molecule has 23 heavy (non-hydrogen) atoms. The third kappa shape index (κ3) is 2.25. The van der Waals surface area contributed by atoms with Gasteiger partial charge >= 0.3 is 0 Å². The number of benzene rings is 1. The minimum absolute atomic E-state index is 0.0483. The molecule has 2 aromatic heterocycles. The fraction of sp³-hybridized carbons (Fsp3) is 0. The van der Waals surface area contributed by atoms with Crippen LogP contribution in [-0.2, 0) is 0 Å². The maximum absolute atomic E-state index is 11.5. The van der Waals surface area contributed by atoms with Crippen molar-refractivity contribution in [1.29, 1.82) is 5.26 Å². The Hall–Kier alpha value is -2.82. The molecule has 114 valence electrons. The van der Waals surface area contributed by atoms with Gasteiger partial charge in [0.15, 0.2) is 0 Å². The van der Waals surface area contributed by atoms with Crippen molar-refractivity contribution < 1.29 is 4.79 Å². The van der Waals surface area contributed by atoms with Gasteiger partial charge in [-0.05, 0) is 6.07 Å². The number of rotatable bonds is 2. The molecule has 0 spiro atoms. The van der Waals surface area contributed by atoms with E-state index in [0.717, 1.165) is 11.3 Å². The predicted octanol–water partition coefficient (Wildman–Crippen LogP) is 2.75. The van der Waals surface area contributed by atoms with Crippen molar-refractivity contribution in [2.24, 2.45) is 5.73 Å². The van der Waals surface area contributed by atoms with Crippen molar-refractivity contribution in [3.8, 4) is 17.2 Å². The van der Waals surface area contributed by atoms with Crippen LogP contribution >= 0.6 is 22.9 Å². The molecule has 0 unspecified atom stereocenters. The number of primary amides is 1. The van der Waals surface area contributed by atoms with Gasteiger partial charge in [-0.15, -0.1) is 11.3 Å². The zero-order valence-corrected chi connectivity index (χ0v) is 13.2. The number of thiophene rings is 1. The summed E-state index contributed by atoms with van der Waals surface area (Å²) < 4.78 is 0. The van der Waals surface area contributed by atoms with Crippen LogP contribution in [0.1, 0.15) is 15.2 Å². The molecule has 3 rings (SSSR count). The van der Waals surface area contributed by atoms with E-state index in [0.29, 0.717) is 26.4 Å². The lowest BCUT2D eigenvalue weighted by atomic mass is 9.97. The Kier molecular flexibility index (Phi) is 3.56. The lowest BCUT2D eigenvalue weighted by Gasteiger charge is -2.10. The summed E-state index contributed by atoms with van der Waals surface area (Å²) in [4.78, 5) is 16.3. The molecule has 0 fully saturated rings. The van der Waals surface area contributed by atoms with Crippen LogP contribution in [0, 0.1) is 11.3 Å². The van der Waals surface area contributed by atoms with Crippen molar-refractivity contribution in [3.05, 3.63) is 39.7 Å². The maximum atomic E-state index is 11.5. The fourth-order valence-electron chi connectivity index (χ4n) is 2.40. The van der Waals surface area contributed by atoms with Crippen molar-refractivity contribution in [2.45, 2.75) is 0 Å². The quantitative estimate of drug-likeness (QED) is 0.658. The van der Waals surface area contributed by atoms with Gasteiger partial charge in [0.1, 0.15) is 27.2 Å². The number of nitrogens with two attached hydrogens (primary N) is 3. The molecule has 6 N–H and O–H groups in total. The smallest absolute Gasteiger partial charge is 0.260 e. The highest BCUT2D eigenvalue weighted by Crippen LogP contribution is 2.44. The van der Waals surface area contributed by atoms with Crippen LogP contribution in [-0.4, -0.2) is 10.9 Å². The summed E-state index contributed by atoms with van der Waals surface area (Å²) in [5, 5.41) is 10.4. The summed E-state index contributed by atoms with van der Waals surface area (Å²) in [6.07, 6.45) is 0. The molecule has 0 bridgehead atoms. The van der Waals surface area contributed by atoms with Crippen LogP contribution in [0.5, 0.6) is 0 Å². The Balaban J connectivity index is 2.55. The molecule has 0 saturated carbocycles. The normalized spacial score (nSPS) is 10.6. The number of halogens is 1. The van der Waals surface area contributed by atoms with E-state index >= 15 is 0 Å². The minimum atomic E-state index is -0.660. The van der Waals surface area contributed by atoms with Gasteiger partial charge in [-0.2, -0.15) is 5.26 Å². The number of aromatic nitrogens is 1. The molecule has 0 saturated heterocycles. The van der Waals surface area contributed by atoms with Crippen LogP contribution < -0.4 is 17.2 Å². The predicted molar refractivity (Wildman–Crippen MR) is 92.1 cm³/mol. The Labute approximate surface area is 140 Å². The molecular formula is C15H10ClN5OS. The highest BCUT2D eigenvalue weighted by Gasteiger charge is 2.24. The molecule has 0 atom stereocenters. The van der Waals surface area contributed by atoms with Crippen molar-refractivity contribution >= 4 is 50.6 Å². The van der Waals surface area contributed by atoms with Gasteiger partial charge in [0.2, 0.25) is 0 Å². The Morgan fingerprint density at radius 2 is 2.00 bits per heavy atom. The third-order valence-corrected chi connectivity index (χ3v) is 4.83. The largest absolute Gasteiger partial charge is 0.397 e. The molecule has 0 radical (unpaired) electrons. The average molecular weight is 344 g/mol. The summed E-state index contributed by atoms with van der Waals surface area (Å²) in [6, 6.07) is 9.02. The second kappa shape index (κ2) is 5.43. The molecule has 1 aromatic carbocycles. The second-order valence-corrected chi connectivity index (χ2v) is 6.13. The number of nitriles is 1. The number of amides is 1. The Bertz CT molecular complexity index is 1010. The number of anilines is 2. The molecule has 2 heterocycles. The number of nitrogens with zero attached hydrogens (tertiary/aromatic N) is 2. The highest BCUT2D eigenvalue weighted by atomic mass is 35.5. The monoisotopic (exact) mass is 343 g/mol.